The van der Waals surface area contributed by atoms with Gasteiger partial charge in [0.25, 0.3) is 5.69 Å². The van der Waals surface area contributed by atoms with Crippen LogP contribution in [0.25, 0.3) is 11.0 Å². The number of fused-ring (bicyclic) bond motifs is 2. The van der Waals surface area contributed by atoms with Crippen molar-refractivity contribution in [3.8, 4) is 0 Å². The molecule has 0 radical (unpaired) electrons. The molecule has 152 valence electrons. The fourth-order valence-electron chi connectivity index (χ4n) is 3.87. The lowest BCUT2D eigenvalue weighted by atomic mass is 9.90. The Balaban J connectivity index is 1.69. The average Bonchev–Trinajstić information content (AvgIpc) is 3.30. The minimum atomic E-state index is -0.767. The fourth-order valence-corrected chi connectivity index (χ4v) is 3.87. The normalized spacial score (nSPS) is 15.7. The summed E-state index contributed by atoms with van der Waals surface area (Å²) in [4.78, 5) is 33.0. The second kappa shape index (κ2) is 7.17. The summed E-state index contributed by atoms with van der Waals surface area (Å²) in [6, 6.07) is 19.4. The van der Waals surface area contributed by atoms with Crippen LogP contribution in [0.1, 0.15) is 17.0 Å². The van der Waals surface area contributed by atoms with Crippen molar-refractivity contribution in [3.05, 3.63) is 94.3 Å². The Morgan fingerprint density at radius 1 is 1.13 bits per heavy atom. The summed E-state index contributed by atoms with van der Waals surface area (Å²) in [5, 5.41) is 14.1. The number of carbonyl (C=O) groups excluding carboxylic acids is 1. The molecule has 31 heavy (non-hydrogen) atoms. The summed E-state index contributed by atoms with van der Waals surface area (Å²) in [5.74, 6) is -1.03. The number of rotatable bonds is 4. The number of anilines is 1. The van der Waals surface area contributed by atoms with Crippen LogP contribution in [0.15, 0.2) is 78.0 Å². The summed E-state index contributed by atoms with van der Waals surface area (Å²) in [7, 11) is 1.92. The highest BCUT2D eigenvalue weighted by Crippen LogP contribution is 2.38. The van der Waals surface area contributed by atoms with Gasteiger partial charge in [-0.3, -0.25) is 19.9 Å². The van der Waals surface area contributed by atoms with Gasteiger partial charge in [-0.05, 0) is 29.8 Å². The number of hydrogen-bond acceptors (Lipinski definition) is 5. The van der Waals surface area contributed by atoms with E-state index < -0.39 is 10.8 Å². The highest BCUT2D eigenvalue weighted by atomic mass is 16.6. The number of aryl methyl sites for hydroxylation is 1. The SMILES string of the molecule is Cn1cnc2cc(N=C(c3ccccc3)C3C(=O)Nc4ccc([N+](=O)[O-])cc43)ccc21. The number of aromatic nitrogens is 2. The van der Waals surface area contributed by atoms with Crippen LogP contribution >= 0.6 is 0 Å². The highest BCUT2D eigenvalue weighted by molar-refractivity contribution is 6.24. The number of nitro groups is 1. The molecule has 0 spiro atoms. The van der Waals surface area contributed by atoms with Crippen molar-refractivity contribution in [2.24, 2.45) is 12.0 Å². The second-order valence-electron chi connectivity index (χ2n) is 7.34. The van der Waals surface area contributed by atoms with Gasteiger partial charge in [-0.1, -0.05) is 30.3 Å². The van der Waals surface area contributed by atoms with Gasteiger partial charge >= 0.3 is 0 Å². The number of benzene rings is 3. The third-order valence-corrected chi connectivity index (χ3v) is 5.38. The van der Waals surface area contributed by atoms with Crippen molar-refractivity contribution in [2.45, 2.75) is 5.92 Å². The van der Waals surface area contributed by atoms with E-state index in [1.54, 1.807) is 12.4 Å². The van der Waals surface area contributed by atoms with Gasteiger partial charge in [-0.25, -0.2) is 4.98 Å². The first-order valence-corrected chi connectivity index (χ1v) is 9.65. The van der Waals surface area contributed by atoms with Gasteiger partial charge in [0.15, 0.2) is 0 Å². The maximum Gasteiger partial charge on any atom is 0.269 e. The average molecular weight is 411 g/mol. The monoisotopic (exact) mass is 411 g/mol. The number of nitro benzene ring substituents is 1. The van der Waals surface area contributed by atoms with E-state index in [-0.39, 0.29) is 11.6 Å². The molecule has 0 saturated carbocycles. The molecular weight excluding hydrogens is 394 g/mol. The number of aliphatic imine (C=N–C) groups is 1. The molecule has 1 aliphatic rings. The molecule has 0 aliphatic carbocycles. The van der Waals surface area contributed by atoms with E-state index in [1.165, 1.54) is 12.1 Å². The zero-order valence-electron chi connectivity index (χ0n) is 16.5. The molecule has 1 atom stereocenters. The van der Waals surface area contributed by atoms with E-state index in [0.29, 0.717) is 22.6 Å². The largest absolute Gasteiger partial charge is 0.334 e. The lowest BCUT2D eigenvalue weighted by Crippen LogP contribution is -2.22. The van der Waals surface area contributed by atoms with Gasteiger partial charge in [-0.15, -0.1) is 0 Å². The lowest BCUT2D eigenvalue weighted by molar-refractivity contribution is -0.384. The molecule has 3 aromatic carbocycles. The van der Waals surface area contributed by atoms with Crippen molar-refractivity contribution < 1.29 is 9.72 Å². The smallest absolute Gasteiger partial charge is 0.269 e. The van der Waals surface area contributed by atoms with Crippen LogP contribution in [-0.2, 0) is 11.8 Å². The predicted molar refractivity (Wildman–Crippen MR) is 118 cm³/mol. The Bertz CT molecular complexity index is 1370. The molecule has 1 N–H and O–H groups in total. The van der Waals surface area contributed by atoms with Crippen LogP contribution < -0.4 is 5.32 Å². The van der Waals surface area contributed by atoms with E-state index in [2.05, 4.69) is 10.3 Å². The molecule has 1 unspecified atom stereocenters. The minimum absolute atomic E-state index is 0.0671. The quantitative estimate of drug-likeness (QED) is 0.307. The molecule has 0 bridgehead atoms. The van der Waals surface area contributed by atoms with Crippen LogP contribution in [0.2, 0.25) is 0 Å². The number of non-ortho nitro benzene ring substituents is 1. The van der Waals surface area contributed by atoms with E-state index >= 15 is 0 Å². The molecule has 8 heteroatoms. The Kier molecular flexibility index (Phi) is 4.32. The maximum absolute atomic E-state index is 13.0. The third-order valence-electron chi connectivity index (χ3n) is 5.38. The first-order valence-electron chi connectivity index (χ1n) is 9.65. The number of nitrogens with zero attached hydrogens (tertiary/aromatic N) is 4. The molecule has 2 heterocycles. The van der Waals surface area contributed by atoms with E-state index in [0.717, 1.165) is 16.6 Å². The van der Waals surface area contributed by atoms with Crippen LogP contribution in [0, 0.1) is 10.1 Å². The molecule has 0 saturated heterocycles. The van der Waals surface area contributed by atoms with E-state index in [4.69, 9.17) is 4.99 Å². The highest BCUT2D eigenvalue weighted by Gasteiger charge is 2.36. The van der Waals surface area contributed by atoms with Gasteiger partial charge < -0.3 is 9.88 Å². The van der Waals surface area contributed by atoms with E-state index in [9.17, 15) is 14.9 Å². The van der Waals surface area contributed by atoms with Crippen LogP contribution in [0.5, 0.6) is 0 Å². The zero-order chi connectivity index (χ0) is 21.5. The molecule has 0 fully saturated rings. The van der Waals surface area contributed by atoms with Gasteiger partial charge in [0, 0.05) is 30.4 Å². The number of imidazole rings is 1. The number of nitrogens with one attached hydrogen (secondary N) is 1. The van der Waals surface area contributed by atoms with Crippen molar-refractivity contribution in [1.29, 1.82) is 0 Å². The fraction of sp³-hybridized carbons (Fsp3) is 0.0870. The Hall–Kier alpha value is -4.33. The van der Waals surface area contributed by atoms with Gasteiger partial charge in [0.1, 0.15) is 5.92 Å². The summed E-state index contributed by atoms with van der Waals surface area (Å²) >= 11 is 0. The van der Waals surface area contributed by atoms with E-state index in [1.807, 2.05) is 60.1 Å². The summed E-state index contributed by atoms with van der Waals surface area (Å²) < 4.78 is 1.92. The van der Waals surface area contributed by atoms with Crippen LogP contribution in [-0.4, -0.2) is 26.1 Å². The molecule has 4 aromatic rings. The standard InChI is InChI=1S/C23H17N5O3/c1-27-13-24-19-11-15(7-10-20(19)27)25-22(14-5-3-2-4-6-14)21-17-12-16(28(30)31)8-9-18(17)26-23(21)29/h2-13,21H,1H3,(H,26,29). The first-order chi connectivity index (χ1) is 15.0. The van der Waals surface area contributed by atoms with Crippen LogP contribution in [0.4, 0.5) is 17.1 Å². The van der Waals surface area contributed by atoms with Gasteiger partial charge in [-0.2, -0.15) is 0 Å². The summed E-state index contributed by atoms with van der Waals surface area (Å²) in [5.41, 5.74) is 4.74. The molecule has 5 rings (SSSR count). The van der Waals surface area contributed by atoms with Crippen molar-refractivity contribution >= 4 is 39.7 Å². The summed E-state index contributed by atoms with van der Waals surface area (Å²) in [6.07, 6.45) is 1.73. The van der Waals surface area contributed by atoms with Gasteiger partial charge in [0.2, 0.25) is 5.91 Å². The van der Waals surface area contributed by atoms with Crippen molar-refractivity contribution in [1.82, 2.24) is 9.55 Å². The number of carbonyl (C=O) groups is 1. The van der Waals surface area contributed by atoms with Gasteiger partial charge in [0.05, 0.1) is 33.7 Å². The predicted octanol–water partition coefficient (Wildman–Crippen LogP) is 4.34. The zero-order valence-corrected chi connectivity index (χ0v) is 16.5. The Morgan fingerprint density at radius 2 is 1.94 bits per heavy atom. The second-order valence-corrected chi connectivity index (χ2v) is 7.34. The summed E-state index contributed by atoms with van der Waals surface area (Å²) in [6.45, 7) is 0. The van der Waals surface area contributed by atoms with Crippen LogP contribution in [0.3, 0.4) is 0 Å². The van der Waals surface area contributed by atoms with Crippen molar-refractivity contribution in [2.75, 3.05) is 5.32 Å². The molecule has 1 aliphatic heterocycles. The maximum atomic E-state index is 13.0. The minimum Gasteiger partial charge on any atom is -0.334 e. The lowest BCUT2D eigenvalue weighted by Gasteiger charge is -2.14. The molecule has 8 nitrogen and oxygen atoms in total. The van der Waals surface area contributed by atoms with Crippen molar-refractivity contribution in [3.63, 3.8) is 0 Å². The molecular formula is C23H17N5O3. The first kappa shape index (κ1) is 18.7. The number of hydrogen-bond donors (Lipinski definition) is 1. The molecule has 1 amide bonds. The third kappa shape index (κ3) is 3.24. The topological polar surface area (TPSA) is 102 Å². The number of amides is 1. The Morgan fingerprint density at radius 3 is 2.71 bits per heavy atom. The Labute approximate surface area is 177 Å². The molecule has 1 aromatic heterocycles.